The maximum absolute atomic E-state index is 13.1. The van der Waals surface area contributed by atoms with Gasteiger partial charge in [-0.3, -0.25) is 9.78 Å². The second-order valence-electron chi connectivity index (χ2n) is 5.95. The molecule has 130 valence electrons. The second kappa shape index (κ2) is 7.27. The van der Waals surface area contributed by atoms with Crippen LogP contribution in [-0.4, -0.2) is 24.1 Å². The van der Waals surface area contributed by atoms with Gasteiger partial charge in [0.05, 0.1) is 5.69 Å². The number of benzene rings is 2. The molecule has 1 atom stereocenters. The molecule has 1 N–H and O–H groups in total. The highest BCUT2D eigenvalue weighted by molar-refractivity contribution is 5.98. The van der Waals surface area contributed by atoms with Gasteiger partial charge in [0.25, 0.3) is 0 Å². The molecule has 5 heteroatoms. The van der Waals surface area contributed by atoms with Crippen LogP contribution in [0.2, 0.25) is 0 Å². The Balaban J connectivity index is 1.63. The number of hydrogen-bond donors (Lipinski definition) is 1. The first kappa shape index (κ1) is 16.1. The van der Waals surface area contributed by atoms with Crippen molar-refractivity contribution < 1.29 is 14.3 Å². The predicted octanol–water partition coefficient (Wildman–Crippen LogP) is 3.62. The summed E-state index contributed by atoms with van der Waals surface area (Å²) in [5, 5.41) is 2.97. The lowest BCUT2D eigenvalue weighted by atomic mass is 9.94. The average molecular weight is 346 g/mol. The molecule has 1 aliphatic heterocycles. The molecular weight excluding hydrogens is 328 g/mol. The molecule has 1 aliphatic rings. The van der Waals surface area contributed by atoms with Gasteiger partial charge in [0.1, 0.15) is 19.1 Å². The van der Waals surface area contributed by atoms with E-state index in [0.29, 0.717) is 36.1 Å². The molecule has 0 bridgehead atoms. The zero-order valence-corrected chi connectivity index (χ0v) is 14.1. The standard InChI is InChI=1S/C21H18N2O3/c24-21(23-16-9-10-18-19(14-16)26-13-12-25-18)20(15-6-2-1-3-7-15)17-8-4-5-11-22-17/h1-11,14,20H,12-13H2,(H,23,24). The number of nitrogens with zero attached hydrogens (tertiary/aromatic N) is 1. The average Bonchev–Trinajstić information content (AvgIpc) is 2.70. The molecule has 2 heterocycles. The van der Waals surface area contributed by atoms with E-state index >= 15 is 0 Å². The van der Waals surface area contributed by atoms with Crippen LogP contribution in [0.4, 0.5) is 5.69 Å². The molecule has 0 spiro atoms. The first-order valence-electron chi connectivity index (χ1n) is 8.47. The topological polar surface area (TPSA) is 60.5 Å². The van der Waals surface area contributed by atoms with Crippen molar-refractivity contribution in [3.05, 3.63) is 84.2 Å². The molecule has 26 heavy (non-hydrogen) atoms. The van der Waals surface area contributed by atoms with Crippen molar-refractivity contribution >= 4 is 11.6 Å². The van der Waals surface area contributed by atoms with Crippen LogP contribution in [0.5, 0.6) is 11.5 Å². The summed E-state index contributed by atoms with van der Waals surface area (Å²) in [5.41, 5.74) is 2.26. The van der Waals surface area contributed by atoms with Gasteiger partial charge in [0.15, 0.2) is 11.5 Å². The third-order valence-electron chi connectivity index (χ3n) is 4.19. The van der Waals surface area contributed by atoms with Crippen LogP contribution < -0.4 is 14.8 Å². The largest absolute Gasteiger partial charge is 0.486 e. The van der Waals surface area contributed by atoms with E-state index in [4.69, 9.17) is 9.47 Å². The van der Waals surface area contributed by atoms with E-state index in [1.807, 2.05) is 60.7 Å². The van der Waals surface area contributed by atoms with Gasteiger partial charge in [-0.1, -0.05) is 36.4 Å². The van der Waals surface area contributed by atoms with Crippen LogP contribution in [0.3, 0.4) is 0 Å². The molecule has 3 aromatic rings. The molecular formula is C21H18N2O3. The number of nitrogens with one attached hydrogen (secondary N) is 1. The molecule has 0 aliphatic carbocycles. The Bertz CT molecular complexity index is 858. The molecule has 1 unspecified atom stereocenters. The summed E-state index contributed by atoms with van der Waals surface area (Å²) in [7, 11) is 0. The summed E-state index contributed by atoms with van der Waals surface area (Å²) in [5.74, 6) is 0.693. The number of ether oxygens (including phenoxy) is 2. The van der Waals surface area contributed by atoms with Crippen molar-refractivity contribution in [2.75, 3.05) is 18.5 Å². The highest BCUT2D eigenvalue weighted by atomic mass is 16.6. The molecule has 0 radical (unpaired) electrons. The Kier molecular flexibility index (Phi) is 4.51. The monoisotopic (exact) mass is 346 g/mol. The third-order valence-corrected chi connectivity index (χ3v) is 4.19. The lowest BCUT2D eigenvalue weighted by Crippen LogP contribution is -2.23. The zero-order valence-electron chi connectivity index (χ0n) is 14.1. The second-order valence-corrected chi connectivity index (χ2v) is 5.95. The van der Waals surface area contributed by atoms with Gasteiger partial charge in [0.2, 0.25) is 5.91 Å². The van der Waals surface area contributed by atoms with E-state index in [9.17, 15) is 4.79 Å². The number of fused-ring (bicyclic) bond motifs is 1. The van der Waals surface area contributed by atoms with Gasteiger partial charge in [0, 0.05) is 18.0 Å². The number of hydrogen-bond acceptors (Lipinski definition) is 4. The molecule has 2 aromatic carbocycles. The molecule has 1 aromatic heterocycles. The number of anilines is 1. The van der Waals surface area contributed by atoms with Crippen molar-refractivity contribution in [3.8, 4) is 11.5 Å². The third kappa shape index (κ3) is 3.37. The Labute approximate surface area is 151 Å². The molecule has 0 saturated carbocycles. The van der Waals surface area contributed by atoms with Crippen LogP contribution >= 0.6 is 0 Å². The minimum atomic E-state index is -0.495. The van der Waals surface area contributed by atoms with E-state index in [-0.39, 0.29) is 5.91 Å². The minimum absolute atomic E-state index is 0.147. The summed E-state index contributed by atoms with van der Waals surface area (Å²) in [6.07, 6.45) is 1.70. The van der Waals surface area contributed by atoms with Gasteiger partial charge < -0.3 is 14.8 Å². The molecule has 1 amide bonds. The van der Waals surface area contributed by atoms with Gasteiger partial charge in [-0.15, -0.1) is 0 Å². The van der Waals surface area contributed by atoms with Crippen LogP contribution in [0.25, 0.3) is 0 Å². The fourth-order valence-electron chi connectivity index (χ4n) is 2.98. The number of aromatic nitrogens is 1. The summed E-state index contributed by atoms with van der Waals surface area (Å²) in [6, 6.07) is 20.6. The summed E-state index contributed by atoms with van der Waals surface area (Å²) in [6.45, 7) is 1.04. The Hall–Kier alpha value is -3.34. The van der Waals surface area contributed by atoms with E-state index < -0.39 is 5.92 Å². The molecule has 0 fully saturated rings. The Morgan fingerprint density at radius 2 is 1.69 bits per heavy atom. The Morgan fingerprint density at radius 1 is 0.923 bits per heavy atom. The molecule has 0 saturated heterocycles. The van der Waals surface area contributed by atoms with Gasteiger partial charge in [-0.2, -0.15) is 0 Å². The van der Waals surface area contributed by atoms with Crippen molar-refractivity contribution in [2.45, 2.75) is 5.92 Å². The highest BCUT2D eigenvalue weighted by Crippen LogP contribution is 2.33. The van der Waals surface area contributed by atoms with Crippen molar-refractivity contribution in [3.63, 3.8) is 0 Å². The minimum Gasteiger partial charge on any atom is -0.486 e. The van der Waals surface area contributed by atoms with Crippen molar-refractivity contribution in [2.24, 2.45) is 0 Å². The maximum atomic E-state index is 13.1. The van der Waals surface area contributed by atoms with Gasteiger partial charge in [-0.25, -0.2) is 0 Å². The Morgan fingerprint density at radius 3 is 2.46 bits per heavy atom. The first-order chi connectivity index (χ1) is 12.8. The highest BCUT2D eigenvalue weighted by Gasteiger charge is 2.24. The first-order valence-corrected chi connectivity index (χ1v) is 8.47. The smallest absolute Gasteiger partial charge is 0.237 e. The summed E-state index contributed by atoms with van der Waals surface area (Å²) in [4.78, 5) is 17.4. The van der Waals surface area contributed by atoms with Gasteiger partial charge in [-0.05, 0) is 29.8 Å². The number of rotatable bonds is 4. The fraction of sp³-hybridized carbons (Fsp3) is 0.143. The number of carbonyl (C=O) groups excluding carboxylic acids is 1. The zero-order chi connectivity index (χ0) is 17.8. The van der Waals surface area contributed by atoms with E-state index in [2.05, 4.69) is 10.3 Å². The quantitative estimate of drug-likeness (QED) is 0.784. The maximum Gasteiger partial charge on any atom is 0.237 e. The number of amides is 1. The van der Waals surface area contributed by atoms with Crippen LogP contribution in [-0.2, 0) is 4.79 Å². The van der Waals surface area contributed by atoms with Crippen molar-refractivity contribution in [1.29, 1.82) is 0 Å². The van der Waals surface area contributed by atoms with Crippen molar-refractivity contribution in [1.82, 2.24) is 4.98 Å². The summed E-state index contributed by atoms with van der Waals surface area (Å²) < 4.78 is 11.1. The summed E-state index contributed by atoms with van der Waals surface area (Å²) >= 11 is 0. The van der Waals surface area contributed by atoms with Gasteiger partial charge >= 0.3 is 0 Å². The number of pyridine rings is 1. The molecule has 5 nitrogen and oxygen atoms in total. The lowest BCUT2D eigenvalue weighted by Gasteiger charge is -2.20. The lowest BCUT2D eigenvalue weighted by molar-refractivity contribution is -0.116. The predicted molar refractivity (Wildman–Crippen MR) is 98.6 cm³/mol. The SMILES string of the molecule is O=C(Nc1ccc2c(c1)OCCO2)C(c1ccccc1)c1ccccn1. The normalized spacial score (nSPS) is 13.7. The van der Waals surface area contributed by atoms with E-state index in [0.717, 1.165) is 5.56 Å². The number of carbonyl (C=O) groups is 1. The van der Waals surface area contributed by atoms with E-state index in [1.54, 1.807) is 12.3 Å². The molecule has 4 rings (SSSR count). The fourth-order valence-corrected chi connectivity index (χ4v) is 2.98. The van der Waals surface area contributed by atoms with Crippen LogP contribution in [0, 0.1) is 0 Å². The van der Waals surface area contributed by atoms with E-state index in [1.165, 1.54) is 0 Å². The van der Waals surface area contributed by atoms with Crippen LogP contribution in [0.15, 0.2) is 72.9 Å². The van der Waals surface area contributed by atoms with Crippen LogP contribution in [0.1, 0.15) is 17.2 Å².